The van der Waals surface area contributed by atoms with Crippen LogP contribution in [0.25, 0.3) is 0 Å². The first-order chi connectivity index (χ1) is 8.90. The largest absolute Gasteiger partial charge is 0.444 e. The normalized spacial score (nSPS) is 11.4. The van der Waals surface area contributed by atoms with E-state index in [4.69, 9.17) is 9.15 Å². The first-order valence-electron chi connectivity index (χ1n) is 6.52. The average Bonchev–Trinajstić information content (AvgIpc) is 2.74. The highest BCUT2D eigenvalue weighted by atomic mass is 16.6. The second-order valence-corrected chi connectivity index (χ2v) is 5.18. The van der Waals surface area contributed by atoms with Crippen molar-refractivity contribution in [2.45, 2.75) is 46.3 Å². The summed E-state index contributed by atoms with van der Waals surface area (Å²) in [5.41, 5.74) is -0.466. The molecule has 0 aromatic carbocycles. The third kappa shape index (κ3) is 6.81. The Hall–Kier alpha value is -1.56. The van der Waals surface area contributed by atoms with E-state index in [2.05, 4.69) is 15.6 Å². The Bertz CT molecular complexity index is 396. The SMILES string of the molecule is CCc1cnc(CNCCNC(=O)OC(C)(C)C)o1. The summed E-state index contributed by atoms with van der Waals surface area (Å²) in [6.07, 6.45) is 2.17. The van der Waals surface area contributed by atoms with Crippen LogP contribution in [0.4, 0.5) is 4.79 Å². The van der Waals surface area contributed by atoms with Gasteiger partial charge in [-0.05, 0) is 20.8 Å². The molecule has 0 spiro atoms. The first kappa shape index (κ1) is 15.5. The summed E-state index contributed by atoms with van der Waals surface area (Å²) >= 11 is 0. The Morgan fingerprint density at radius 3 is 2.74 bits per heavy atom. The van der Waals surface area contributed by atoms with Crippen LogP contribution in [-0.4, -0.2) is 29.8 Å². The molecule has 1 heterocycles. The zero-order valence-electron chi connectivity index (χ0n) is 12.1. The van der Waals surface area contributed by atoms with E-state index in [0.717, 1.165) is 12.2 Å². The zero-order valence-corrected chi connectivity index (χ0v) is 12.1. The average molecular weight is 269 g/mol. The fraction of sp³-hybridized carbons (Fsp3) is 0.692. The van der Waals surface area contributed by atoms with Crippen molar-refractivity contribution in [2.75, 3.05) is 13.1 Å². The van der Waals surface area contributed by atoms with Crippen LogP contribution in [0.5, 0.6) is 0 Å². The topological polar surface area (TPSA) is 76.4 Å². The van der Waals surface area contributed by atoms with Crippen LogP contribution in [0.2, 0.25) is 0 Å². The van der Waals surface area contributed by atoms with Gasteiger partial charge in [-0.3, -0.25) is 0 Å². The highest BCUT2D eigenvalue weighted by molar-refractivity contribution is 5.67. The minimum Gasteiger partial charge on any atom is -0.444 e. The van der Waals surface area contributed by atoms with Crippen LogP contribution in [-0.2, 0) is 17.7 Å². The van der Waals surface area contributed by atoms with Crippen molar-refractivity contribution in [3.05, 3.63) is 17.8 Å². The molecular weight excluding hydrogens is 246 g/mol. The molecule has 0 bridgehead atoms. The van der Waals surface area contributed by atoms with E-state index < -0.39 is 11.7 Å². The number of aromatic nitrogens is 1. The molecule has 0 aliphatic heterocycles. The van der Waals surface area contributed by atoms with Gasteiger partial charge in [-0.2, -0.15) is 0 Å². The fourth-order valence-electron chi connectivity index (χ4n) is 1.36. The van der Waals surface area contributed by atoms with Crippen molar-refractivity contribution in [2.24, 2.45) is 0 Å². The van der Waals surface area contributed by atoms with Crippen LogP contribution in [0.3, 0.4) is 0 Å². The van der Waals surface area contributed by atoms with Gasteiger partial charge < -0.3 is 19.8 Å². The Morgan fingerprint density at radius 2 is 2.16 bits per heavy atom. The summed E-state index contributed by atoms with van der Waals surface area (Å²) in [6, 6.07) is 0. The Morgan fingerprint density at radius 1 is 1.42 bits per heavy atom. The molecule has 19 heavy (non-hydrogen) atoms. The highest BCUT2D eigenvalue weighted by Crippen LogP contribution is 2.06. The summed E-state index contributed by atoms with van der Waals surface area (Å²) in [5.74, 6) is 1.54. The predicted octanol–water partition coefficient (Wildman–Crippen LogP) is 1.85. The molecule has 0 saturated carbocycles. The third-order valence-electron chi connectivity index (χ3n) is 2.20. The minimum atomic E-state index is -0.466. The number of rotatable bonds is 6. The summed E-state index contributed by atoms with van der Waals surface area (Å²) in [6.45, 7) is 9.19. The van der Waals surface area contributed by atoms with Crippen molar-refractivity contribution < 1.29 is 13.9 Å². The number of carbonyl (C=O) groups is 1. The second-order valence-electron chi connectivity index (χ2n) is 5.18. The molecule has 108 valence electrons. The van der Waals surface area contributed by atoms with Crippen molar-refractivity contribution in [3.8, 4) is 0 Å². The van der Waals surface area contributed by atoms with Gasteiger partial charge in [-0.15, -0.1) is 0 Å². The molecular formula is C13H23N3O3. The monoisotopic (exact) mass is 269 g/mol. The molecule has 0 radical (unpaired) electrons. The second kappa shape index (κ2) is 7.13. The molecule has 0 fully saturated rings. The van der Waals surface area contributed by atoms with Crippen LogP contribution in [0, 0.1) is 0 Å². The minimum absolute atomic E-state index is 0.404. The lowest BCUT2D eigenvalue weighted by atomic mass is 10.2. The van der Waals surface area contributed by atoms with Crippen LogP contribution in [0.15, 0.2) is 10.6 Å². The van der Waals surface area contributed by atoms with Gasteiger partial charge >= 0.3 is 6.09 Å². The molecule has 0 saturated heterocycles. The lowest BCUT2D eigenvalue weighted by Crippen LogP contribution is -2.36. The van der Waals surface area contributed by atoms with Crippen LogP contribution < -0.4 is 10.6 Å². The molecule has 2 N–H and O–H groups in total. The van der Waals surface area contributed by atoms with E-state index in [1.807, 2.05) is 27.7 Å². The van der Waals surface area contributed by atoms with Crippen molar-refractivity contribution in [1.82, 2.24) is 15.6 Å². The number of carbonyl (C=O) groups excluding carboxylic acids is 1. The molecule has 0 aliphatic rings. The lowest BCUT2D eigenvalue weighted by molar-refractivity contribution is 0.0528. The first-order valence-corrected chi connectivity index (χ1v) is 6.52. The lowest BCUT2D eigenvalue weighted by Gasteiger charge is -2.19. The number of ether oxygens (including phenoxy) is 1. The van der Waals surface area contributed by atoms with E-state index in [0.29, 0.717) is 25.5 Å². The summed E-state index contributed by atoms with van der Waals surface area (Å²) in [5, 5.41) is 5.80. The van der Waals surface area contributed by atoms with Gasteiger partial charge in [0.2, 0.25) is 5.89 Å². The fourth-order valence-corrected chi connectivity index (χ4v) is 1.36. The number of alkyl carbamates (subject to hydrolysis) is 1. The molecule has 1 rings (SSSR count). The smallest absolute Gasteiger partial charge is 0.407 e. The van der Waals surface area contributed by atoms with Crippen molar-refractivity contribution in [1.29, 1.82) is 0 Å². The van der Waals surface area contributed by atoms with Gasteiger partial charge in [0.05, 0.1) is 12.7 Å². The molecule has 1 aromatic rings. The maximum absolute atomic E-state index is 11.3. The number of nitrogens with one attached hydrogen (secondary N) is 2. The van der Waals surface area contributed by atoms with E-state index in [9.17, 15) is 4.79 Å². The maximum Gasteiger partial charge on any atom is 0.407 e. The summed E-state index contributed by atoms with van der Waals surface area (Å²) in [4.78, 5) is 15.5. The number of oxazole rings is 1. The summed E-state index contributed by atoms with van der Waals surface area (Å²) in [7, 11) is 0. The molecule has 1 amide bonds. The third-order valence-corrected chi connectivity index (χ3v) is 2.20. The molecule has 6 nitrogen and oxygen atoms in total. The quantitative estimate of drug-likeness (QED) is 0.771. The standard InChI is InChI=1S/C13H23N3O3/c1-5-10-8-16-11(18-10)9-14-6-7-15-12(17)19-13(2,3)4/h8,14H,5-7,9H2,1-4H3,(H,15,17). The van der Waals surface area contributed by atoms with E-state index in [1.54, 1.807) is 6.20 Å². The Labute approximate surface area is 113 Å². The number of hydrogen-bond donors (Lipinski definition) is 2. The number of nitrogens with zero attached hydrogens (tertiary/aromatic N) is 1. The van der Waals surface area contributed by atoms with Crippen molar-refractivity contribution in [3.63, 3.8) is 0 Å². The van der Waals surface area contributed by atoms with Gasteiger partial charge in [0.15, 0.2) is 0 Å². The van der Waals surface area contributed by atoms with Gasteiger partial charge in [0, 0.05) is 19.5 Å². The molecule has 1 aromatic heterocycles. The molecule has 0 aliphatic carbocycles. The number of amides is 1. The van der Waals surface area contributed by atoms with Gasteiger partial charge in [0.1, 0.15) is 11.4 Å². The molecule has 0 atom stereocenters. The van der Waals surface area contributed by atoms with E-state index >= 15 is 0 Å². The van der Waals surface area contributed by atoms with Gasteiger partial charge in [-0.25, -0.2) is 9.78 Å². The van der Waals surface area contributed by atoms with E-state index in [1.165, 1.54) is 0 Å². The van der Waals surface area contributed by atoms with Crippen molar-refractivity contribution >= 4 is 6.09 Å². The summed E-state index contributed by atoms with van der Waals surface area (Å²) < 4.78 is 10.6. The number of aryl methyl sites for hydroxylation is 1. The van der Waals surface area contributed by atoms with Gasteiger partial charge in [-0.1, -0.05) is 6.92 Å². The predicted molar refractivity (Wildman–Crippen MR) is 71.8 cm³/mol. The van der Waals surface area contributed by atoms with Gasteiger partial charge in [0.25, 0.3) is 0 Å². The Kier molecular flexibility index (Phi) is 5.82. The highest BCUT2D eigenvalue weighted by Gasteiger charge is 2.15. The zero-order chi connectivity index (χ0) is 14.3. The molecule has 6 heteroatoms. The van der Waals surface area contributed by atoms with Crippen LogP contribution >= 0.6 is 0 Å². The Balaban J connectivity index is 2.09. The van der Waals surface area contributed by atoms with E-state index in [-0.39, 0.29) is 0 Å². The number of hydrogen-bond acceptors (Lipinski definition) is 5. The van der Waals surface area contributed by atoms with Crippen LogP contribution in [0.1, 0.15) is 39.3 Å². The maximum atomic E-state index is 11.3. The molecule has 0 unspecified atom stereocenters.